The second-order valence-corrected chi connectivity index (χ2v) is 6.57. The van der Waals surface area contributed by atoms with Crippen molar-refractivity contribution in [1.29, 1.82) is 0 Å². The molecule has 5 nitrogen and oxygen atoms in total. The second-order valence-electron chi connectivity index (χ2n) is 5.76. The molecule has 2 aromatic carbocycles. The van der Waals surface area contributed by atoms with Crippen LogP contribution in [0.15, 0.2) is 42.5 Å². The summed E-state index contributed by atoms with van der Waals surface area (Å²) in [7, 11) is 0. The van der Waals surface area contributed by atoms with Gasteiger partial charge in [-0.1, -0.05) is 47.5 Å². The van der Waals surface area contributed by atoms with Crippen LogP contribution >= 0.6 is 23.2 Å². The number of esters is 1. The number of ether oxygens (including phenoxy) is 2. The highest BCUT2D eigenvalue weighted by atomic mass is 35.5. The SMILES string of the molecule is CCOc1ccccc1CCC(=O)O[C@H](C)C(=O)Nc1c(Cl)cccc1Cl. The van der Waals surface area contributed by atoms with Gasteiger partial charge in [-0.25, -0.2) is 0 Å². The Labute approximate surface area is 168 Å². The minimum atomic E-state index is -0.980. The van der Waals surface area contributed by atoms with Gasteiger partial charge in [0, 0.05) is 6.42 Å². The smallest absolute Gasteiger partial charge is 0.306 e. The topological polar surface area (TPSA) is 64.6 Å². The standard InChI is InChI=1S/C20H21Cl2NO4/c1-3-26-17-10-5-4-7-14(17)11-12-18(24)27-13(2)20(25)23-19-15(21)8-6-9-16(19)22/h4-10,13H,3,11-12H2,1-2H3,(H,23,25)/t13-/m1/s1. The summed E-state index contributed by atoms with van der Waals surface area (Å²) in [6.07, 6.45) is -0.388. The zero-order chi connectivity index (χ0) is 19.8. The van der Waals surface area contributed by atoms with Crippen molar-refractivity contribution in [3.63, 3.8) is 0 Å². The minimum Gasteiger partial charge on any atom is -0.494 e. The maximum absolute atomic E-state index is 12.2. The van der Waals surface area contributed by atoms with Gasteiger partial charge in [-0.2, -0.15) is 0 Å². The molecule has 0 saturated carbocycles. The number of hydrogen-bond acceptors (Lipinski definition) is 4. The van der Waals surface area contributed by atoms with Crippen LogP contribution in [0.4, 0.5) is 5.69 Å². The van der Waals surface area contributed by atoms with Gasteiger partial charge < -0.3 is 14.8 Å². The van der Waals surface area contributed by atoms with E-state index in [4.69, 9.17) is 32.7 Å². The molecule has 1 N–H and O–H groups in total. The molecule has 0 radical (unpaired) electrons. The predicted octanol–water partition coefficient (Wildman–Crippen LogP) is 4.90. The Morgan fingerprint density at radius 3 is 2.41 bits per heavy atom. The number of anilines is 1. The van der Waals surface area contributed by atoms with Crippen LogP contribution in [0.3, 0.4) is 0 Å². The van der Waals surface area contributed by atoms with Crippen molar-refractivity contribution in [2.45, 2.75) is 32.8 Å². The maximum Gasteiger partial charge on any atom is 0.306 e. The van der Waals surface area contributed by atoms with Crippen LogP contribution < -0.4 is 10.1 Å². The number of hydrogen-bond donors (Lipinski definition) is 1. The summed E-state index contributed by atoms with van der Waals surface area (Å²) in [6.45, 7) is 3.94. The summed E-state index contributed by atoms with van der Waals surface area (Å²) in [4.78, 5) is 24.3. The Balaban J connectivity index is 1.89. The van der Waals surface area contributed by atoms with Gasteiger partial charge in [0.1, 0.15) is 5.75 Å². The average Bonchev–Trinajstić information content (AvgIpc) is 2.64. The molecular formula is C20H21Cl2NO4. The van der Waals surface area contributed by atoms with E-state index >= 15 is 0 Å². The summed E-state index contributed by atoms with van der Waals surface area (Å²) in [6, 6.07) is 12.4. The molecule has 0 spiro atoms. The molecule has 0 fully saturated rings. The van der Waals surface area contributed by atoms with Crippen molar-refractivity contribution in [3.8, 4) is 5.75 Å². The van der Waals surface area contributed by atoms with Crippen molar-refractivity contribution >= 4 is 40.8 Å². The lowest BCUT2D eigenvalue weighted by Crippen LogP contribution is -2.30. The zero-order valence-electron chi connectivity index (χ0n) is 15.1. The number of benzene rings is 2. The molecule has 0 aliphatic carbocycles. The third-order valence-corrected chi connectivity index (χ3v) is 4.39. The van der Waals surface area contributed by atoms with Crippen LogP contribution in [0.5, 0.6) is 5.75 Å². The molecule has 144 valence electrons. The van der Waals surface area contributed by atoms with E-state index in [1.54, 1.807) is 18.2 Å². The molecule has 2 rings (SSSR count). The Kier molecular flexibility index (Phi) is 7.95. The van der Waals surface area contributed by atoms with E-state index in [0.717, 1.165) is 11.3 Å². The molecule has 1 atom stereocenters. The van der Waals surface area contributed by atoms with Gasteiger partial charge in [0.25, 0.3) is 5.91 Å². The molecule has 27 heavy (non-hydrogen) atoms. The molecule has 0 aliphatic heterocycles. The van der Waals surface area contributed by atoms with E-state index in [9.17, 15) is 9.59 Å². The number of nitrogens with one attached hydrogen (secondary N) is 1. The quantitative estimate of drug-likeness (QED) is 0.629. The van der Waals surface area contributed by atoms with E-state index < -0.39 is 18.0 Å². The van der Waals surface area contributed by atoms with E-state index in [1.807, 2.05) is 31.2 Å². The van der Waals surface area contributed by atoms with Gasteiger partial charge in [-0.3, -0.25) is 9.59 Å². The van der Waals surface area contributed by atoms with Crippen molar-refractivity contribution in [3.05, 3.63) is 58.1 Å². The Morgan fingerprint density at radius 2 is 1.74 bits per heavy atom. The van der Waals surface area contributed by atoms with Crippen LogP contribution in [0.25, 0.3) is 0 Å². The van der Waals surface area contributed by atoms with Crippen molar-refractivity contribution < 1.29 is 19.1 Å². The van der Waals surface area contributed by atoms with Crippen LogP contribution in [0.2, 0.25) is 10.0 Å². The third kappa shape index (κ3) is 6.15. The largest absolute Gasteiger partial charge is 0.494 e. The average molecular weight is 410 g/mol. The Hall–Kier alpha value is -2.24. The lowest BCUT2D eigenvalue weighted by Gasteiger charge is -2.15. The fourth-order valence-electron chi connectivity index (χ4n) is 2.40. The maximum atomic E-state index is 12.2. The fourth-order valence-corrected chi connectivity index (χ4v) is 2.89. The van der Waals surface area contributed by atoms with Crippen molar-refractivity contribution in [2.24, 2.45) is 0 Å². The Bertz CT molecular complexity index is 790. The molecule has 2 aromatic rings. The molecular weight excluding hydrogens is 389 g/mol. The first-order chi connectivity index (χ1) is 12.9. The van der Waals surface area contributed by atoms with Crippen molar-refractivity contribution in [2.75, 3.05) is 11.9 Å². The number of halogens is 2. The summed E-state index contributed by atoms with van der Waals surface area (Å²) < 4.78 is 10.7. The van der Waals surface area contributed by atoms with Crippen LogP contribution in [-0.2, 0) is 20.7 Å². The van der Waals surface area contributed by atoms with E-state index in [1.165, 1.54) is 6.92 Å². The van der Waals surface area contributed by atoms with Crippen LogP contribution in [-0.4, -0.2) is 24.6 Å². The lowest BCUT2D eigenvalue weighted by atomic mass is 10.1. The Morgan fingerprint density at radius 1 is 1.07 bits per heavy atom. The monoisotopic (exact) mass is 409 g/mol. The summed E-state index contributed by atoms with van der Waals surface area (Å²) in [5.41, 5.74) is 1.20. The molecule has 0 bridgehead atoms. The van der Waals surface area contributed by atoms with Gasteiger partial charge in [0.05, 0.1) is 22.3 Å². The molecule has 0 aliphatic rings. The van der Waals surface area contributed by atoms with E-state index in [0.29, 0.717) is 28.8 Å². The number of rotatable bonds is 8. The number of para-hydroxylation sites is 2. The summed E-state index contributed by atoms with van der Waals surface area (Å²) in [5.74, 6) is -0.241. The summed E-state index contributed by atoms with van der Waals surface area (Å²) in [5, 5.41) is 3.20. The van der Waals surface area contributed by atoms with E-state index in [-0.39, 0.29) is 6.42 Å². The van der Waals surface area contributed by atoms with Crippen LogP contribution in [0.1, 0.15) is 25.8 Å². The minimum absolute atomic E-state index is 0.133. The molecule has 0 heterocycles. The first kappa shape index (κ1) is 21.1. The van der Waals surface area contributed by atoms with E-state index in [2.05, 4.69) is 5.32 Å². The third-order valence-electron chi connectivity index (χ3n) is 3.76. The van der Waals surface area contributed by atoms with Crippen LogP contribution in [0, 0.1) is 0 Å². The first-order valence-electron chi connectivity index (χ1n) is 8.57. The predicted molar refractivity (Wildman–Crippen MR) is 107 cm³/mol. The number of aryl methyl sites for hydroxylation is 1. The highest BCUT2D eigenvalue weighted by Crippen LogP contribution is 2.30. The van der Waals surface area contributed by atoms with Gasteiger partial charge >= 0.3 is 5.97 Å². The van der Waals surface area contributed by atoms with Gasteiger partial charge in [0.15, 0.2) is 6.10 Å². The zero-order valence-corrected chi connectivity index (χ0v) is 16.6. The number of carbonyl (C=O) groups excluding carboxylic acids is 2. The van der Waals surface area contributed by atoms with Gasteiger partial charge in [0.2, 0.25) is 0 Å². The second kappa shape index (κ2) is 10.2. The highest BCUT2D eigenvalue weighted by molar-refractivity contribution is 6.39. The molecule has 0 saturated heterocycles. The van der Waals surface area contributed by atoms with Gasteiger partial charge in [-0.15, -0.1) is 0 Å². The molecule has 7 heteroatoms. The number of amides is 1. The van der Waals surface area contributed by atoms with Gasteiger partial charge in [-0.05, 0) is 44.0 Å². The molecule has 1 amide bonds. The molecule has 0 aromatic heterocycles. The fraction of sp³-hybridized carbons (Fsp3) is 0.300. The first-order valence-corrected chi connectivity index (χ1v) is 9.33. The van der Waals surface area contributed by atoms with Crippen molar-refractivity contribution in [1.82, 2.24) is 0 Å². The lowest BCUT2D eigenvalue weighted by molar-refractivity contribution is -0.153. The highest BCUT2D eigenvalue weighted by Gasteiger charge is 2.20. The normalized spacial score (nSPS) is 11.6. The number of carbonyl (C=O) groups is 2. The summed E-state index contributed by atoms with van der Waals surface area (Å²) >= 11 is 12.0. The molecule has 0 unspecified atom stereocenters.